The van der Waals surface area contributed by atoms with Crippen LogP contribution in [0.5, 0.6) is 0 Å². The van der Waals surface area contributed by atoms with E-state index in [0.29, 0.717) is 29.1 Å². The van der Waals surface area contributed by atoms with Crippen LogP contribution in [0.4, 0.5) is 11.8 Å². The normalized spacial score (nSPS) is 12.7. The minimum Gasteiger partial charge on any atom is -0.392 e. The molecule has 3 aromatic heterocycles. The minimum absolute atomic E-state index is 0.120. The Bertz CT molecular complexity index is 775. The lowest BCUT2D eigenvalue weighted by Crippen LogP contribution is -2.16. The molecule has 1 atom stereocenters. The number of aromatic nitrogens is 6. The summed E-state index contributed by atoms with van der Waals surface area (Å²) in [5.74, 6) is 0.641. The summed E-state index contributed by atoms with van der Waals surface area (Å²) in [4.78, 5) is 8.29. The zero-order valence-electron chi connectivity index (χ0n) is 11.7. The maximum absolute atomic E-state index is 9.42. The van der Waals surface area contributed by atoms with Crippen LogP contribution in [0.15, 0.2) is 12.3 Å². The van der Waals surface area contributed by atoms with Gasteiger partial charge in [0.05, 0.1) is 17.2 Å². The van der Waals surface area contributed by atoms with Crippen LogP contribution in [0.3, 0.4) is 0 Å². The summed E-state index contributed by atoms with van der Waals surface area (Å²) in [5.41, 5.74) is 7.58. The molecule has 0 bridgehead atoms. The number of nitrogens with two attached hydrogens (primary N) is 1. The Balaban J connectivity index is 2.13. The number of aliphatic hydroxyl groups is 1. The summed E-state index contributed by atoms with van der Waals surface area (Å²) in [5, 5.41) is 24.6. The average Bonchev–Trinajstić information content (AvgIpc) is 3.01. The molecular weight excluding hydrogens is 272 g/mol. The van der Waals surface area contributed by atoms with Crippen LogP contribution in [0.25, 0.3) is 22.4 Å². The lowest BCUT2D eigenvalue weighted by molar-refractivity contribution is 0.208. The molecule has 0 aromatic carbocycles. The Kier molecular flexibility index (Phi) is 3.18. The van der Waals surface area contributed by atoms with Gasteiger partial charge in [0.15, 0.2) is 5.65 Å². The molecule has 0 amide bonds. The quantitative estimate of drug-likeness (QED) is 0.536. The van der Waals surface area contributed by atoms with Crippen LogP contribution in [-0.2, 0) is 7.05 Å². The first-order valence-corrected chi connectivity index (χ1v) is 6.48. The number of hydrogen-bond acceptors (Lipinski definition) is 7. The number of H-pyrrole nitrogens is 1. The third-order valence-corrected chi connectivity index (χ3v) is 2.97. The van der Waals surface area contributed by atoms with Crippen LogP contribution in [0.2, 0.25) is 0 Å². The van der Waals surface area contributed by atoms with Crippen LogP contribution >= 0.6 is 0 Å². The molecule has 0 spiro atoms. The summed E-state index contributed by atoms with van der Waals surface area (Å²) in [6, 6.07) is 1.86. The molecule has 0 saturated carbocycles. The van der Waals surface area contributed by atoms with Gasteiger partial charge in [0.1, 0.15) is 11.5 Å². The van der Waals surface area contributed by atoms with Crippen LogP contribution < -0.4 is 11.1 Å². The lowest BCUT2D eigenvalue weighted by atomic mass is 10.2. The van der Waals surface area contributed by atoms with Gasteiger partial charge in [-0.25, -0.2) is 0 Å². The molecule has 9 heteroatoms. The van der Waals surface area contributed by atoms with Gasteiger partial charge in [-0.05, 0) is 13.0 Å². The molecule has 3 aromatic rings. The zero-order valence-corrected chi connectivity index (χ0v) is 11.7. The minimum atomic E-state index is -0.513. The Morgan fingerprint density at radius 3 is 2.95 bits per heavy atom. The molecule has 1 unspecified atom stereocenters. The van der Waals surface area contributed by atoms with Crippen molar-refractivity contribution in [2.45, 2.75) is 13.0 Å². The first-order valence-electron chi connectivity index (χ1n) is 6.48. The van der Waals surface area contributed by atoms with E-state index in [0.717, 1.165) is 5.69 Å². The van der Waals surface area contributed by atoms with E-state index in [4.69, 9.17) is 5.73 Å². The summed E-state index contributed by atoms with van der Waals surface area (Å²) in [6.07, 6.45) is 1.32. The summed E-state index contributed by atoms with van der Waals surface area (Å²) < 4.78 is 1.70. The molecule has 0 aliphatic rings. The number of nitrogens with one attached hydrogen (secondary N) is 2. The first kappa shape index (κ1) is 13.3. The van der Waals surface area contributed by atoms with Crippen molar-refractivity contribution in [3.05, 3.63) is 12.3 Å². The molecular formula is C12H16N8O. The molecule has 0 radical (unpaired) electrons. The van der Waals surface area contributed by atoms with Crippen molar-refractivity contribution in [2.24, 2.45) is 7.05 Å². The molecule has 0 saturated heterocycles. The Morgan fingerprint density at radius 2 is 2.29 bits per heavy atom. The van der Waals surface area contributed by atoms with Gasteiger partial charge >= 0.3 is 0 Å². The number of aromatic amines is 1. The van der Waals surface area contributed by atoms with Gasteiger partial charge in [-0.2, -0.15) is 20.2 Å². The highest BCUT2D eigenvalue weighted by Crippen LogP contribution is 2.29. The lowest BCUT2D eigenvalue weighted by Gasteiger charge is -2.09. The molecule has 5 N–H and O–H groups in total. The fourth-order valence-electron chi connectivity index (χ4n) is 2.05. The molecule has 3 heterocycles. The number of anilines is 2. The maximum atomic E-state index is 9.42. The number of nitrogen functional groups attached to an aromatic ring is 1. The first-order chi connectivity index (χ1) is 10.0. The second kappa shape index (κ2) is 5.02. The van der Waals surface area contributed by atoms with E-state index < -0.39 is 6.10 Å². The van der Waals surface area contributed by atoms with Crippen LogP contribution in [-0.4, -0.2) is 47.7 Å². The van der Waals surface area contributed by atoms with E-state index in [1.54, 1.807) is 11.6 Å². The van der Waals surface area contributed by atoms with Crippen LogP contribution in [0, 0.1) is 0 Å². The van der Waals surface area contributed by atoms with Gasteiger partial charge in [0.2, 0.25) is 5.95 Å². The second-order valence-electron chi connectivity index (χ2n) is 4.83. The highest BCUT2D eigenvalue weighted by atomic mass is 16.3. The number of aryl methyl sites for hydroxylation is 1. The van der Waals surface area contributed by atoms with Gasteiger partial charge in [-0.15, -0.1) is 0 Å². The van der Waals surface area contributed by atoms with Gasteiger partial charge in [0.25, 0.3) is 0 Å². The van der Waals surface area contributed by atoms with E-state index >= 15 is 0 Å². The molecule has 9 nitrogen and oxygen atoms in total. The fourth-order valence-corrected chi connectivity index (χ4v) is 2.05. The van der Waals surface area contributed by atoms with Gasteiger partial charge < -0.3 is 16.2 Å². The number of aliphatic hydroxyl groups excluding tert-OH is 1. The van der Waals surface area contributed by atoms with E-state index in [-0.39, 0.29) is 5.95 Å². The van der Waals surface area contributed by atoms with Crippen molar-refractivity contribution in [3.63, 3.8) is 0 Å². The molecule has 0 aliphatic carbocycles. The summed E-state index contributed by atoms with van der Waals surface area (Å²) in [7, 11) is 1.84. The summed E-state index contributed by atoms with van der Waals surface area (Å²) >= 11 is 0. The van der Waals surface area contributed by atoms with Crippen molar-refractivity contribution in [3.8, 4) is 11.4 Å². The maximum Gasteiger partial charge on any atom is 0.224 e. The van der Waals surface area contributed by atoms with E-state index in [1.807, 2.05) is 19.3 Å². The van der Waals surface area contributed by atoms with Gasteiger partial charge in [-0.1, -0.05) is 0 Å². The van der Waals surface area contributed by atoms with Crippen molar-refractivity contribution in [2.75, 3.05) is 17.6 Å². The largest absolute Gasteiger partial charge is 0.392 e. The standard InChI is InChI=1S/C12H16N8O/c1-6(21)5-14-10-8-9(7-3-4-20(2)19-7)17-18-11(8)16-12(13)15-10/h3-4,6,21H,5H2,1-2H3,(H4,13,14,15,16,17,18). The third kappa shape index (κ3) is 2.50. The molecule has 0 aliphatic heterocycles. The summed E-state index contributed by atoms with van der Waals surface area (Å²) in [6.45, 7) is 2.03. The predicted molar refractivity (Wildman–Crippen MR) is 78.5 cm³/mol. The second-order valence-corrected chi connectivity index (χ2v) is 4.83. The average molecular weight is 288 g/mol. The number of fused-ring (bicyclic) bond motifs is 1. The van der Waals surface area contributed by atoms with E-state index in [9.17, 15) is 5.11 Å². The number of nitrogens with zero attached hydrogens (tertiary/aromatic N) is 5. The zero-order chi connectivity index (χ0) is 15.0. The fraction of sp³-hybridized carbons (Fsp3) is 0.333. The monoisotopic (exact) mass is 288 g/mol. The van der Waals surface area contributed by atoms with Crippen molar-refractivity contribution in [1.29, 1.82) is 0 Å². The highest BCUT2D eigenvalue weighted by molar-refractivity contribution is 5.98. The van der Waals surface area contributed by atoms with Crippen molar-refractivity contribution >= 4 is 22.8 Å². The Hall–Kier alpha value is -2.68. The molecule has 110 valence electrons. The highest BCUT2D eigenvalue weighted by Gasteiger charge is 2.17. The molecule has 21 heavy (non-hydrogen) atoms. The Morgan fingerprint density at radius 1 is 1.48 bits per heavy atom. The molecule has 0 fully saturated rings. The van der Waals surface area contributed by atoms with Crippen molar-refractivity contribution < 1.29 is 5.11 Å². The van der Waals surface area contributed by atoms with E-state index in [2.05, 4.69) is 30.6 Å². The predicted octanol–water partition coefficient (Wildman–Crippen LogP) is 0.128. The van der Waals surface area contributed by atoms with Crippen LogP contribution in [0.1, 0.15) is 6.92 Å². The number of hydrogen-bond donors (Lipinski definition) is 4. The SMILES string of the molecule is CC(O)CNc1nc(N)nc2n[nH]c(-c3ccn(C)n3)c12. The van der Waals surface area contributed by atoms with Crippen molar-refractivity contribution in [1.82, 2.24) is 29.9 Å². The molecule has 3 rings (SSSR count). The third-order valence-electron chi connectivity index (χ3n) is 2.97. The van der Waals surface area contributed by atoms with Gasteiger partial charge in [0, 0.05) is 19.8 Å². The Labute approximate surface area is 120 Å². The smallest absolute Gasteiger partial charge is 0.224 e. The van der Waals surface area contributed by atoms with Gasteiger partial charge in [-0.3, -0.25) is 9.78 Å². The van der Waals surface area contributed by atoms with E-state index in [1.165, 1.54) is 0 Å². The number of rotatable bonds is 4. The topological polar surface area (TPSA) is 131 Å².